The highest BCUT2D eigenvalue weighted by molar-refractivity contribution is 6.34. The molecule has 1 fully saturated rings. The average molecular weight is 283 g/mol. The van der Waals surface area contributed by atoms with Gasteiger partial charge in [-0.1, -0.05) is 24.1 Å². The first-order valence-electron chi connectivity index (χ1n) is 6.49. The number of benzene rings is 1. The summed E-state index contributed by atoms with van der Waals surface area (Å²) in [7, 11) is 0. The molecule has 96 valence electrons. The molecule has 1 saturated carbocycles. The minimum atomic E-state index is 0.603. The molecule has 0 atom stereocenters. The van der Waals surface area contributed by atoms with Gasteiger partial charge in [0.1, 0.15) is 11.3 Å². The highest BCUT2D eigenvalue weighted by Crippen LogP contribution is 2.31. The maximum Gasteiger partial charge on any atom is 0.111 e. The highest BCUT2D eigenvalue weighted by Gasteiger charge is 2.21. The average Bonchev–Trinajstić information content (AvgIpc) is 2.64. The fraction of sp³-hybridized carbons (Fsp3) is 0.500. The van der Waals surface area contributed by atoms with Crippen LogP contribution in [0.4, 0.5) is 0 Å². The lowest BCUT2D eigenvalue weighted by Gasteiger charge is -2.26. The SMILES string of the molecule is ClCCc1nc2c(Cl)cccc2n1CC1CCC1. The molecule has 0 saturated heterocycles. The molecule has 0 N–H and O–H groups in total. The van der Waals surface area contributed by atoms with Gasteiger partial charge in [-0.3, -0.25) is 0 Å². The third-order valence-corrected chi connectivity index (χ3v) is 4.29. The van der Waals surface area contributed by atoms with Crippen LogP contribution in [-0.2, 0) is 13.0 Å². The molecule has 3 rings (SSSR count). The predicted molar refractivity (Wildman–Crippen MR) is 76.5 cm³/mol. The predicted octanol–water partition coefficient (Wildman–Crippen LogP) is 4.27. The molecule has 2 aromatic rings. The number of aryl methyl sites for hydroxylation is 1. The summed E-state index contributed by atoms with van der Waals surface area (Å²) >= 11 is 12.1. The van der Waals surface area contributed by atoms with Crippen LogP contribution in [0.1, 0.15) is 25.1 Å². The standard InChI is InChI=1S/C14H16Cl2N2/c15-8-7-13-17-14-11(16)5-2-6-12(14)18(13)9-10-3-1-4-10/h2,5-6,10H,1,3-4,7-9H2. The number of hydrogen-bond acceptors (Lipinski definition) is 1. The number of nitrogens with zero attached hydrogens (tertiary/aromatic N) is 2. The van der Waals surface area contributed by atoms with Crippen molar-refractivity contribution in [3.8, 4) is 0 Å². The Bertz CT molecular complexity index is 558. The fourth-order valence-electron chi connectivity index (χ4n) is 2.57. The van der Waals surface area contributed by atoms with E-state index < -0.39 is 0 Å². The van der Waals surface area contributed by atoms with Crippen LogP contribution in [0, 0.1) is 5.92 Å². The van der Waals surface area contributed by atoms with Gasteiger partial charge in [0.2, 0.25) is 0 Å². The van der Waals surface area contributed by atoms with Crippen molar-refractivity contribution in [1.29, 1.82) is 0 Å². The lowest BCUT2D eigenvalue weighted by Crippen LogP contribution is -2.19. The summed E-state index contributed by atoms with van der Waals surface area (Å²) < 4.78 is 2.31. The second-order valence-corrected chi connectivity index (χ2v) is 5.77. The molecule has 1 aromatic carbocycles. The van der Waals surface area contributed by atoms with E-state index >= 15 is 0 Å². The van der Waals surface area contributed by atoms with Gasteiger partial charge in [-0.2, -0.15) is 0 Å². The monoisotopic (exact) mass is 282 g/mol. The van der Waals surface area contributed by atoms with Gasteiger partial charge in [-0.25, -0.2) is 4.98 Å². The quantitative estimate of drug-likeness (QED) is 0.766. The lowest BCUT2D eigenvalue weighted by atomic mass is 9.85. The fourth-order valence-corrected chi connectivity index (χ4v) is 2.95. The minimum absolute atomic E-state index is 0.603. The van der Waals surface area contributed by atoms with Crippen LogP contribution in [0.2, 0.25) is 5.02 Å². The van der Waals surface area contributed by atoms with Gasteiger partial charge in [0.25, 0.3) is 0 Å². The molecule has 4 heteroatoms. The molecule has 1 heterocycles. The van der Waals surface area contributed by atoms with Crippen molar-refractivity contribution < 1.29 is 0 Å². The number of para-hydroxylation sites is 1. The van der Waals surface area contributed by atoms with Crippen LogP contribution in [0.25, 0.3) is 11.0 Å². The molecule has 0 aliphatic heterocycles. The van der Waals surface area contributed by atoms with Crippen molar-refractivity contribution in [2.24, 2.45) is 5.92 Å². The lowest BCUT2D eigenvalue weighted by molar-refractivity contribution is 0.277. The summed E-state index contributed by atoms with van der Waals surface area (Å²) in [6.45, 7) is 1.06. The largest absolute Gasteiger partial charge is 0.328 e. The van der Waals surface area contributed by atoms with Crippen molar-refractivity contribution >= 4 is 34.2 Å². The Morgan fingerprint density at radius 3 is 2.83 bits per heavy atom. The van der Waals surface area contributed by atoms with Crippen molar-refractivity contribution in [3.05, 3.63) is 29.0 Å². The molecule has 0 amide bonds. The molecule has 1 aliphatic carbocycles. The summed E-state index contributed by atoms with van der Waals surface area (Å²) in [6, 6.07) is 5.99. The van der Waals surface area contributed by atoms with Crippen LogP contribution >= 0.6 is 23.2 Å². The third-order valence-electron chi connectivity index (χ3n) is 3.79. The second kappa shape index (κ2) is 5.10. The zero-order chi connectivity index (χ0) is 12.5. The minimum Gasteiger partial charge on any atom is -0.328 e. The van der Waals surface area contributed by atoms with Crippen LogP contribution in [0.3, 0.4) is 0 Å². The van der Waals surface area contributed by atoms with Gasteiger partial charge >= 0.3 is 0 Å². The van der Waals surface area contributed by atoms with E-state index in [0.29, 0.717) is 5.88 Å². The Hall–Kier alpha value is -0.730. The van der Waals surface area contributed by atoms with Crippen LogP contribution < -0.4 is 0 Å². The Balaban J connectivity index is 2.05. The number of halogens is 2. The van der Waals surface area contributed by atoms with E-state index in [1.807, 2.05) is 12.1 Å². The number of rotatable bonds is 4. The smallest absolute Gasteiger partial charge is 0.111 e. The first-order chi connectivity index (χ1) is 8.79. The zero-order valence-electron chi connectivity index (χ0n) is 10.2. The maximum atomic E-state index is 6.22. The van der Waals surface area contributed by atoms with Crippen molar-refractivity contribution in [2.75, 3.05) is 5.88 Å². The van der Waals surface area contributed by atoms with E-state index in [4.69, 9.17) is 23.2 Å². The van der Waals surface area contributed by atoms with Crippen molar-refractivity contribution in [2.45, 2.75) is 32.2 Å². The summed E-state index contributed by atoms with van der Waals surface area (Å²) in [5.74, 6) is 2.47. The first kappa shape index (κ1) is 12.3. The van der Waals surface area contributed by atoms with Crippen LogP contribution in [0.5, 0.6) is 0 Å². The van der Waals surface area contributed by atoms with E-state index in [1.165, 1.54) is 19.3 Å². The summed E-state index contributed by atoms with van der Waals surface area (Å²) in [5, 5.41) is 0.732. The number of hydrogen-bond donors (Lipinski definition) is 0. The molecule has 0 unspecified atom stereocenters. The van der Waals surface area contributed by atoms with Crippen molar-refractivity contribution in [1.82, 2.24) is 9.55 Å². The summed E-state index contributed by atoms with van der Waals surface area (Å²) in [5.41, 5.74) is 2.06. The molecule has 0 radical (unpaired) electrons. The molecule has 0 spiro atoms. The Kier molecular flexibility index (Phi) is 3.49. The molecule has 2 nitrogen and oxygen atoms in total. The van der Waals surface area contributed by atoms with E-state index in [2.05, 4.69) is 15.6 Å². The van der Waals surface area contributed by atoms with E-state index in [9.17, 15) is 0 Å². The molecular formula is C14H16Cl2N2. The number of imidazole rings is 1. The van der Waals surface area contributed by atoms with Gasteiger partial charge in [0, 0.05) is 18.8 Å². The van der Waals surface area contributed by atoms with Crippen LogP contribution in [-0.4, -0.2) is 15.4 Å². The normalized spacial score (nSPS) is 16.1. The zero-order valence-corrected chi connectivity index (χ0v) is 11.7. The molecular weight excluding hydrogens is 267 g/mol. The van der Waals surface area contributed by atoms with E-state index in [-0.39, 0.29) is 0 Å². The first-order valence-corrected chi connectivity index (χ1v) is 7.40. The topological polar surface area (TPSA) is 17.8 Å². The number of fused-ring (bicyclic) bond motifs is 1. The van der Waals surface area contributed by atoms with Crippen molar-refractivity contribution in [3.63, 3.8) is 0 Å². The van der Waals surface area contributed by atoms with E-state index in [1.54, 1.807) is 0 Å². The molecule has 18 heavy (non-hydrogen) atoms. The summed E-state index contributed by atoms with van der Waals surface area (Å²) in [6.07, 6.45) is 4.84. The van der Waals surface area contributed by atoms with E-state index in [0.717, 1.165) is 40.8 Å². The maximum absolute atomic E-state index is 6.22. The van der Waals surface area contributed by atoms with Gasteiger partial charge in [-0.15, -0.1) is 11.6 Å². The number of aromatic nitrogens is 2. The van der Waals surface area contributed by atoms with Gasteiger partial charge < -0.3 is 4.57 Å². The third kappa shape index (κ3) is 2.12. The van der Waals surface area contributed by atoms with Gasteiger partial charge in [0.15, 0.2) is 0 Å². The second-order valence-electron chi connectivity index (χ2n) is 4.98. The Labute approximate surface area is 117 Å². The molecule has 1 aromatic heterocycles. The molecule has 0 bridgehead atoms. The Morgan fingerprint density at radius 2 is 2.17 bits per heavy atom. The Morgan fingerprint density at radius 1 is 1.33 bits per heavy atom. The highest BCUT2D eigenvalue weighted by atomic mass is 35.5. The van der Waals surface area contributed by atoms with Gasteiger partial charge in [-0.05, 0) is 30.9 Å². The molecule has 1 aliphatic rings. The van der Waals surface area contributed by atoms with Gasteiger partial charge in [0.05, 0.1) is 10.5 Å². The summed E-state index contributed by atoms with van der Waals surface area (Å²) in [4.78, 5) is 4.66. The van der Waals surface area contributed by atoms with Crippen LogP contribution in [0.15, 0.2) is 18.2 Å². The number of alkyl halides is 1.